The van der Waals surface area contributed by atoms with Crippen LogP contribution in [-0.4, -0.2) is 60.8 Å². The van der Waals surface area contributed by atoms with E-state index in [4.69, 9.17) is 14.2 Å². The highest BCUT2D eigenvalue weighted by atomic mass is 16.7. The number of hydrogen-bond acceptors (Lipinski definition) is 7. The van der Waals surface area contributed by atoms with Crippen molar-refractivity contribution < 1.29 is 28.9 Å². The van der Waals surface area contributed by atoms with E-state index in [1.165, 1.54) is 4.90 Å². The molecule has 8 heteroatoms. The van der Waals surface area contributed by atoms with Gasteiger partial charge < -0.3 is 19.3 Å². The lowest BCUT2D eigenvalue weighted by molar-refractivity contribution is -0.253. The number of ether oxygens (including phenoxy) is 3. The molecule has 3 aromatic rings. The summed E-state index contributed by atoms with van der Waals surface area (Å²) in [5, 5.41) is 9.47. The fourth-order valence-electron chi connectivity index (χ4n) is 6.02. The van der Waals surface area contributed by atoms with E-state index in [1.54, 1.807) is 43.5 Å². The fraction of sp³-hybridized carbons (Fsp3) is 0.375. The Labute approximate surface area is 234 Å². The zero-order valence-corrected chi connectivity index (χ0v) is 22.6. The molecule has 3 aromatic carbocycles. The Hall–Kier alpha value is -3.40. The maximum absolute atomic E-state index is 12.9. The Morgan fingerprint density at radius 3 is 2.23 bits per heavy atom. The molecule has 2 fully saturated rings. The molecule has 8 nitrogen and oxygen atoms in total. The number of aliphatic hydroxyl groups excluding tert-OH is 1. The van der Waals surface area contributed by atoms with Gasteiger partial charge in [-0.15, -0.1) is 0 Å². The molecule has 208 valence electrons. The maximum Gasteiger partial charge on any atom is 0.266 e. The van der Waals surface area contributed by atoms with Gasteiger partial charge in [0.05, 0.1) is 42.2 Å². The van der Waals surface area contributed by atoms with Gasteiger partial charge in [0.1, 0.15) is 0 Å². The largest absolute Gasteiger partial charge is 0.392 e. The zero-order chi connectivity index (χ0) is 27.6. The van der Waals surface area contributed by atoms with Gasteiger partial charge in [-0.05, 0) is 54.8 Å². The van der Waals surface area contributed by atoms with Gasteiger partial charge >= 0.3 is 0 Å². The van der Waals surface area contributed by atoms with E-state index in [-0.39, 0.29) is 30.6 Å². The van der Waals surface area contributed by atoms with Crippen molar-refractivity contribution in [3.8, 4) is 0 Å². The normalized spacial score (nSPS) is 25.0. The number of rotatable bonds is 8. The highest BCUT2D eigenvalue weighted by Crippen LogP contribution is 2.39. The highest BCUT2D eigenvalue weighted by Gasteiger charge is 2.38. The monoisotopic (exact) mass is 542 g/mol. The van der Waals surface area contributed by atoms with Crippen LogP contribution in [0.25, 0.3) is 0 Å². The molecule has 0 bridgehead atoms. The minimum Gasteiger partial charge on any atom is -0.392 e. The van der Waals surface area contributed by atoms with Crippen LogP contribution in [0.2, 0.25) is 0 Å². The Bertz CT molecular complexity index is 1320. The Morgan fingerprint density at radius 2 is 1.57 bits per heavy atom. The second-order valence-electron chi connectivity index (χ2n) is 10.7. The minimum absolute atomic E-state index is 0.00450. The number of aliphatic hydroxyl groups is 1. The molecule has 0 aliphatic carbocycles. The summed E-state index contributed by atoms with van der Waals surface area (Å²) in [6.45, 7) is 2.50. The first-order chi connectivity index (χ1) is 19.6. The topological polar surface area (TPSA) is 88.5 Å². The third-order valence-electron chi connectivity index (χ3n) is 8.13. The molecular formula is C32H34N2O6. The molecule has 4 unspecified atom stereocenters. The van der Waals surface area contributed by atoms with Crippen LogP contribution >= 0.6 is 0 Å². The lowest BCUT2D eigenvalue weighted by Crippen LogP contribution is -2.42. The number of nitrogens with zero attached hydrogens (tertiary/aromatic N) is 2. The van der Waals surface area contributed by atoms with Gasteiger partial charge in [0.2, 0.25) is 0 Å². The summed E-state index contributed by atoms with van der Waals surface area (Å²) in [6, 6.07) is 22.4. The van der Waals surface area contributed by atoms with Gasteiger partial charge in [-0.3, -0.25) is 14.5 Å². The molecule has 3 aliphatic heterocycles. The molecule has 0 aromatic heterocycles. The number of anilines is 1. The second kappa shape index (κ2) is 11.6. The van der Waals surface area contributed by atoms with Gasteiger partial charge in [-0.2, -0.15) is 0 Å². The summed E-state index contributed by atoms with van der Waals surface area (Å²) >= 11 is 0. The van der Waals surface area contributed by atoms with Gasteiger partial charge in [-0.25, -0.2) is 4.90 Å². The van der Waals surface area contributed by atoms with Crippen LogP contribution < -0.4 is 4.90 Å². The second-order valence-corrected chi connectivity index (χ2v) is 10.7. The first-order valence-corrected chi connectivity index (χ1v) is 13.9. The molecule has 6 rings (SSSR count). The Kier molecular flexibility index (Phi) is 7.78. The van der Waals surface area contributed by atoms with E-state index in [0.717, 1.165) is 42.6 Å². The average Bonchev–Trinajstić information content (AvgIpc) is 3.54. The third kappa shape index (κ3) is 5.21. The van der Waals surface area contributed by atoms with Gasteiger partial charge in [0.15, 0.2) is 6.29 Å². The van der Waals surface area contributed by atoms with E-state index in [0.29, 0.717) is 35.9 Å². The molecule has 2 amide bonds. The first kappa shape index (κ1) is 26.8. The summed E-state index contributed by atoms with van der Waals surface area (Å²) < 4.78 is 18.5. The van der Waals surface area contributed by atoms with Crippen LogP contribution in [0.1, 0.15) is 69.1 Å². The van der Waals surface area contributed by atoms with Crippen LogP contribution in [0.15, 0.2) is 72.8 Å². The van der Waals surface area contributed by atoms with E-state index in [1.807, 2.05) is 36.4 Å². The number of methoxy groups -OCH3 is 1. The number of amides is 2. The van der Waals surface area contributed by atoms with Crippen molar-refractivity contribution >= 4 is 17.5 Å². The molecule has 4 atom stereocenters. The smallest absolute Gasteiger partial charge is 0.266 e. The van der Waals surface area contributed by atoms with Gasteiger partial charge in [0, 0.05) is 31.7 Å². The van der Waals surface area contributed by atoms with E-state index < -0.39 is 6.29 Å². The molecule has 0 radical (unpaired) electrons. The Balaban J connectivity index is 1.23. The van der Waals surface area contributed by atoms with Crippen molar-refractivity contribution in [2.45, 2.75) is 50.4 Å². The summed E-state index contributed by atoms with van der Waals surface area (Å²) in [5.74, 6) is -0.637. The SMILES string of the molecule is COCC1CCCN1CC1CC(c2ccc(CO)cc2)OC(c2ccc(N3C(=O)c4ccccc4C3=O)cc2)O1. The van der Waals surface area contributed by atoms with Crippen LogP contribution in [0.4, 0.5) is 5.69 Å². The minimum atomic E-state index is -0.610. The van der Waals surface area contributed by atoms with Crippen molar-refractivity contribution in [3.63, 3.8) is 0 Å². The molecule has 0 saturated carbocycles. The van der Waals surface area contributed by atoms with Crippen molar-refractivity contribution in [2.24, 2.45) is 0 Å². The molecule has 40 heavy (non-hydrogen) atoms. The van der Waals surface area contributed by atoms with Crippen LogP contribution in [0.5, 0.6) is 0 Å². The van der Waals surface area contributed by atoms with E-state index in [9.17, 15) is 14.7 Å². The van der Waals surface area contributed by atoms with Gasteiger partial charge in [-0.1, -0.05) is 48.5 Å². The lowest BCUT2D eigenvalue weighted by atomic mass is 9.99. The number of likely N-dealkylation sites (tertiary alicyclic amines) is 1. The predicted octanol–water partition coefficient (Wildman–Crippen LogP) is 4.64. The molecule has 0 spiro atoms. The van der Waals surface area contributed by atoms with Crippen molar-refractivity contribution in [1.29, 1.82) is 0 Å². The number of carbonyl (C=O) groups is 2. The Morgan fingerprint density at radius 1 is 0.900 bits per heavy atom. The predicted molar refractivity (Wildman–Crippen MR) is 149 cm³/mol. The van der Waals surface area contributed by atoms with Crippen molar-refractivity contribution in [2.75, 3.05) is 31.7 Å². The standard InChI is InChI=1S/C32H34N2O6/c1-38-20-25-5-4-16-33(25)18-26-17-29(22-10-8-21(19-35)9-11-22)40-32(39-26)23-12-14-24(15-13-23)34-30(36)27-6-2-3-7-28(27)31(34)37/h2-3,6-15,25-26,29,32,35H,4-5,16-20H2,1H3. The average molecular weight is 543 g/mol. The molecular weight excluding hydrogens is 508 g/mol. The number of fused-ring (bicyclic) bond motifs is 1. The van der Waals surface area contributed by atoms with Crippen LogP contribution in [-0.2, 0) is 20.8 Å². The van der Waals surface area contributed by atoms with Crippen LogP contribution in [0, 0.1) is 0 Å². The van der Waals surface area contributed by atoms with Crippen LogP contribution in [0.3, 0.4) is 0 Å². The fourth-order valence-corrected chi connectivity index (χ4v) is 6.02. The summed E-state index contributed by atoms with van der Waals surface area (Å²) in [4.78, 5) is 29.6. The summed E-state index contributed by atoms with van der Waals surface area (Å²) in [5.41, 5.74) is 4.05. The zero-order valence-electron chi connectivity index (χ0n) is 22.6. The summed E-state index contributed by atoms with van der Waals surface area (Å²) in [6.07, 6.45) is 2.11. The highest BCUT2D eigenvalue weighted by molar-refractivity contribution is 6.34. The number of hydrogen-bond donors (Lipinski definition) is 1. The number of imide groups is 1. The molecule has 1 N–H and O–H groups in total. The van der Waals surface area contributed by atoms with Crippen molar-refractivity contribution in [1.82, 2.24) is 4.90 Å². The quantitative estimate of drug-likeness (QED) is 0.415. The molecule has 2 saturated heterocycles. The van der Waals surface area contributed by atoms with E-state index in [2.05, 4.69) is 4.90 Å². The molecule has 3 aliphatic rings. The summed E-state index contributed by atoms with van der Waals surface area (Å²) in [7, 11) is 1.75. The lowest BCUT2D eigenvalue weighted by Gasteiger charge is -2.38. The molecule has 3 heterocycles. The third-order valence-corrected chi connectivity index (χ3v) is 8.13. The van der Waals surface area contributed by atoms with Crippen molar-refractivity contribution in [3.05, 3.63) is 101 Å². The van der Waals surface area contributed by atoms with Gasteiger partial charge in [0.25, 0.3) is 11.8 Å². The first-order valence-electron chi connectivity index (χ1n) is 13.9. The van der Waals surface area contributed by atoms with E-state index >= 15 is 0 Å². The number of carbonyl (C=O) groups excluding carboxylic acids is 2. The number of benzene rings is 3. The maximum atomic E-state index is 12.9.